The molecule has 2 fully saturated rings. The summed E-state index contributed by atoms with van der Waals surface area (Å²) >= 11 is 0. The number of carbonyl (C=O) groups excluding carboxylic acids is 1. The van der Waals surface area contributed by atoms with Crippen LogP contribution in [-0.4, -0.2) is 52.5 Å². The van der Waals surface area contributed by atoms with Crippen molar-refractivity contribution in [3.8, 4) is 17.0 Å². The number of rotatable bonds is 6. The molecule has 1 atom stereocenters. The van der Waals surface area contributed by atoms with Crippen molar-refractivity contribution in [1.82, 2.24) is 20.1 Å². The Labute approximate surface area is 203 Å². The van der Waals surface area contributed by atoms with E-state index in [4.69, 9.17) is 9.84 Å². The second-order valence-corrected chi connectivity index (χ2v) is 12.9. The third-order valence-electron chi connectivity index (χ3n) is 6.63. The van der Waals surface area contributed by atoms with Gasteiger partial charge in [0.15, 0.2) is 9.84 Å². The number of fused-ring (bicyclic) bond motifs is 1. The van der Waals surface area contributed by atoms with Gasteiger partial charge in [-0.3, -0.25) is 14.5 Å². The maximum Gasteiger partial charge on any atom is 0.253 e. The lowest BCUT2D eigenvalue weighted by molar-refractivity contribution is 0.0860. The van der Waals surface area contributed by atoms with Gasteiger partial charge in [0.1, 0.15) is 17.0 Å². The van der Waals surface area contributed by atoms with Crippen LogP contribution in [0.4, 0.5) is 4.39 Å². The van der Waals surface area contributed by atoms with Crippen LogP contribution in [0.1, 0.15) is 56.9 Å². The lowest BCUT2D eigenvalue weighted by Crippen LogP contribution is -2.63. The zero-order valence-electron chi connectivity index (χ0n) is 20.2. The lowest BCUT2D eigenvalue weighted by atomic mass is 9.68. The summed E-state index contributed by atoms with van der Waals surface area (Å²) in [6.07, 6.45) is 1.93. The monoisotopic (exact) mass is 500 g/mol. The van der Waals surface area contributed by atoms with E-state index in [2.05, 4.69) is 24.1 Å². The Morgan fingerprint density at radius 3 is 2.57 bits per heavy atom. The van der Waals surface area contributed by atoms with Crippen LogP contribution in [0.25, 0.3) is 22.3 Å². The number of ether oxygens (including phenoxy) is 1. The molecule has 10 heteroatoms. The number of nitrogens with one attached hydrogen (secondary N) is 1. The SMILES string of the molecule is CC(F)Oc1cccc(-c2nn(C3CC(C)(C)C3)c3cc(C(=O)NC4(C)CS(=O)(=O)C4)cnc23)c1. The van der Waals surface area contributed by atoms with Gasteiger partial charge in [0.05, 0.1) is 34.2 Å². The number of nitrogens with zero attached hydrogens (tertiary/aromatic N) is 3. The Hall–Kier alpha value is -3.01. The summed E-state index contributed by atoms with van der Waals surface area (Å²) in [4.78, 5) is 17.6. The molecule has 3 aromatic rings. The van der Waals surface area contributed by atoms with Crippen molar-refractivity contribution in [2.75, 3.05) is 11.5 Å². The summed E-state index contributed by atoms with van der Waals surface area (Å²) in [6.45, 7) is 7.46. The first-order valence-electron chi connectivity index (χ1n) is 11.7. The molecule has 3 heterocycles. The van der Waals surface area contributed by atoms with E-state index < -0.39 is 21.7 Å². The number of pyridine rings is 1. The molecule has 0 spiro atoms. The molecular weight excluding hydrogens is 471 g/mol. The number of halogens is 1. The number of benzene rings is 1. The van der Waals surface area contributed by atoms with E-state index in [9.17, 15) is 17.6 Å². The minimum atomic E-state index is -3.09. The zero-order valence-corrected chi connectivity index (χ0v) is 21.0. The molecule has 186 valence electrons. The van der Waals surface area contributed by atoms with Crippen LogP contribution in [0.5, 0.6) is 5.75 Å². The molecule has 2 aromatic heterocycles. The van der Waals surface area contributed by atoms with Gasteiger partial charge in [-0.1, -0.05) is 26.0 Å². The molecule has 35 heavy (non-hydrogen) atoms. The first-order valence-corrected chi connectivity index (χ1v) is 13.5. The van der Waals surface area contributed by atoms with E-state index in [1.807, 2.05) is 10.7 Å². The molecule has 1 unspecified atom stereocenters. The maximum absolute atomic E-state index is 13.4. The highest BCUT2D eigenvalue weighted by Gasteiger charge is 2.46. The van der Waals surface area contributed by atoms with Crippen molar-refractivity contribution in [3.05, 3.63) is 42.1 Å². The van der Waals surface area contributed by atoms with Crippen LogP contribution in [-0.2, 0) is 9.84 Å². The predicted molar refractivity (Wildman–Crippen MR) is 131 cm³/mol. The van der Waals surface area contributed by atoms with Gasteiger partial charge < -0.3 is 10.1 Å². The predicted octanol–water partition coefficient (Wildman–Crippen LogP) is 4.07. The number of hydrogen-bond donors (Lipinski definition) is 1. The van der Waals surface area contributed by atoms with Crippen molar-refractivity contribution in [2.45, 2.75) is 58.5 Å². The Morgan fingerprint density at radius 2 is 1.94 bits per heavy atom. The summed E-state index contributed by atoms with van der Waals surface area (Å²) in [7, 11) is -3.09. The molecule has 1 amide bonds. The molecule has 1 N–H and O–H groups in total. The van der Waals surface area contributed by atoms with Crippen molar-refractivity contribution < 1.29 is 22.3 Å². The maximum atomic E-state index is 13.4. The van der Waals surface area contributed by atoms with E-state index >= 15 is 0 Å². The molecule has 0 bridgehead atoms. The molecule has 5 rings (SSSR count). The summed E-state index contributed by atoms with van der Waals surface area (Å²) < 4.78 is 43.8. The number of amides is 1. The van der Waals surface area contributed by atoms with Crippen LogP contribution in [0.15, 0.2) is 36.5 Å². The van der Waals surface area contributed by atoms with Crippen molar-refractivity contribution in [3.63, 3.8) is 0 Å². The van der Waals surface area contributed by atoms with Crippen molar-refractivity contribution in [2.24, 2.45) is 5.41 Å². The molecule has 2 aliphatic rings. The lowest BCUT2D eigenvalue weighted by Gasteiger charge is -2.42. The van der Waals surface area contributed by atoms with Gasteiger partial charge in [0, 0.05) is 18.7 Å². The van der Waals surface area contributed by atoms with Crippen LogP contribution in [0.2, 0.25) is 0 Å². The minimum Gasteiger partial charge on any atom is -0.461 e. The number of sulfone groups is 1. The number of carbonyl (C=O) groups is 1. The standard InChI is InChI=1S/C25H29FN4O4S/c1-15(26)34-19-7-5-6-16(8-19)21-22-20(30(29-21)18-10-24(2,3)11-18)9-17(12-27-22)23(31)28-25(4)13-35(32,33)14-25/h5-9,12,15,18H,10-11,13-14H2,1-4H3,(H,28,31). The summed E-state index contributed by atoms with van der Waals surface area (Å²) in [5.41, 5.74) is 2.51. The smallest absolute Gasteiger partial charge is 0.253 e. The average Bonchev–Trinajstić information content (AvgIpc) is 3.08. The fraction of sp³-hybridized carbons (Fsp3) is 0.480. The van der Waals surface area contributed by atoms with E-state index in [0.717, 1.165) is 23.9 Å². The Bertz CT molecular complexity index is 1410. The van der Waals surface area contributed by atoms with Gasteiger partial charge >= 0.3 is 0 Å². The number of hydrogen-bond acceptors (Lipinski definition) is 6. The highest BCUT2D eigenvalue weighted by molar-refractivity contribution is 7.93. The highest BCUT2D eigenvalue weighted by Crippen LogP contribution is 2.49. The van der Waals surface area contributed by atoms with Crippen LogP contribution >= 0.6 is 0 Å². The van der Waals surface area contributed by atoms with Gasteiger partial charge in [-0.05, 0) is 43.4 Å². The van der Waals surface area contributed by atoms with E-state index in [0.29, 0.717) is 22.5 Å². The van der Waals surface area contributed by atoms with Gasteiger partial charge in [-0.25, -0.2) is 12.8 Å². The van der Waals surface area contributed by atoms with Gasteiger partial charge in [0.2, 0.25) is 6.36 Å². The topological polar surface area (TPSA) is 103 Å². The molecule has 1 aliphatic carbocycles. The molecular formula is C25H29FN4O4S. The summed E-state index contributed by atoms with van der Waals surface area (Å²) in [6, 6.07) is 8.99. The van der Waals surface area contributed by atoms with Gasteiger partial charge in [-0.15, -0.1) is 0 Å². The van der Waals surface area contributed by atoms with Gasteiger partial charge in [0.25, 0.3) is 5.91 Å². The quantitative estimate of drug-likeness (QED) is 0.547. The fourth-order valence-corrected chi connectivity index (χ4v) is 7.26. The van der Waals surface area contributed by atoms with E-state index in [1.165, 1.54) is 13.1 Å². The first kappa shape index (κ1) is 23.7. The third-order valence-corrected chi connectivity index (χ3v) is 8.78. The number of aromatic nitrogens is 3. The third kappa shape index (κ3) is 4.63. The van der Waals surface area contributed by atoms with Crippen LogP contribution in [0, 0.1) is 5.41 Å². The fourth-order valence-electron chi connectivity index (χ4n) is 5.26. The second-order valence-electron chi connectivity index (χ2n) is 10.8. The molecule has 8 nitrogen and oxygen atoms in total. The largest absolute Gasteiger partial charge is 0.461 e. The Kier molecular flexibility index (Phi) is 5.43. The van der Waals surface area contributed by atoms with Crippen LogP contribution in [0.3, 0.4) is 0 Å². The highest BCUT2D eigenvalue weighted by atomic mass is 32.2. The Morgan fingerprint density at radius 1 is 1.23 bits per heavy atom. The van der Waals surface area contributed by atoms with E-state index in [-0.39, 0.29) is 28.9 Å². The van der Waals surface area contributed by atoms with Crippen molar-refractivity contribution in [1.29, 1.82) is 0 Å². The molecule has 0 radical (unpaired) electrons. The minimum absolute atomic E-state index is 0.0729. The molecule has 1 aliphatic heterocycles. The molecule has 1 aromatic carbocycles. The molecule has 1 saturated heterocycles. The Balaban J connectivity index is 1.53. The van der Waals surface area contributed by atoms with E-state index in [1.54, 1.807) is 31.2 Å². The summed E-state index contributed by atoms with van der Waals surface area (Å²) in [5, 5.41) is 7.73. The van der Waals surface area contributed by atoms with Crippen molar-refractivity contribution >= 4 is 26.8 Å². The zero-order chi connectivity index (χ0) is 25.2. The average molecular weight is 501 g/mol. The van der Waals surface area contributed by atoms with Crippen LogP contribution < -0.4 is 10.1 Å². The normalized spacial score (nSPS) is 21.1. The number of alkyl halides is 1. The molecule has 1 saturated carbocycles. The first-order chi connectivity index (χ1) is 16.3. The van der Waals surface area contributed by atoms with Gasteiger partial charge in [-0.2, -0.15) is 5.10 Å². The second kappa shape index (κ2) is 8.01. The summed E-state index contributed by atoms with van der Waals surface area (Å²) in [5.74, 6) is -0.121.